The van der Waals surface area contributed by atoms with Gasteiger partial charge in [0, 0.05) is 35.6 Å². The van der Waals surface area contributed by atoms with Crippen LogP contribution in [0.1, 0.15) is 18.4 Å². The van der Waals surface area contributed by atoms with Crippen LogP contribution in [0.3, 0.4) is 0 Å². The smallest absolute Gasteiger partial charge is 0.0888 e. The minimum absolute atomic E-state index is 0.690. The second-order valence-electron chi connectivity index (χ2n) is 4.55. The first-order valence-electron chi connectivity index (χ1n) is 6.11. The van der Waals surface area contributed by atoms with Gasteiger partial charge < -0.3 is 5.32 Å². The number of aromatic nitrogens is 2. The summed E-state index contributed by atoms with van der Waals surface area (Å²) in [6.07, 6.45) is 7.72. The molecule has 1 aromatic carbocycles. The Bertz CT molecular complexity index is 538. The van der Waals surface area contributed by atoms with Crippen molar-refractivity contribution in [2.24, 2.45) is 0 Å². The number of rotatable bonds is 4. The lowest BCUT2D eigenvalue weighted by Crippen LogP contribution is -2.15. The third kappa shape index (κ3) is 2.68. The van der Waals surface area contributed by atoms with Crippen LogP contribution < -0.4 is 5.32 Å². The largest absolute Gasteiger partial charge is 0.310 e. The molecule has 4 heteroatoms. The van der Waals surface area contributed by atoms with Gasteiger partial charge in [0.1, 0.15) is 0 Å². The minimum Gasteiger partial charge on any atom is -0.310 e. The van der Waals surface area contributed by atoms with Crippen LogP contribution in [0.4, 0.5) is 0 Å². The number of nitrogens with zero attached hydrogens (tertiary/aromatic N) is 2. The van der Waals surface area contributed by atoms with Gasteiger partial charge in [-0.2, -0.15) is 0 Å². The van der Waals surface area contributed by atoms with Crippen molar-refractivity contribution < 1.29 is 0 Å². The van der Waals surface area contributed by atoms with Gasteiger partial charge in [-0.15, -0.1) is 0 Å². The lowest BCUT2D eigenvalue weighted by molar-refractivity contribution is 0.688. The van der Waals surface area contributed by atoms with Gasteiger partial charge >= 0.3 is 0 Å². The first kappa shape index (κ1) is 11.6. The highest BCUT2D eigenvalue weighted by atomic mass is 35.5. The Morgan fingerprint density at radius 2 is 2.17 bits per heavy atom. The molecule has 0 radical (unpaired) electrons. The second-order valence-corrected chi connectivity index (χ2v) is 4.98. The van der Waals surface area contributed by atoms with E-state index in [0.717, 1.165) is 22.8 Å². The molecule has 1 fully saturated rings. The predicted molar refractivity (Wildman–Crippen MR) is 72.3 cm³/mol. The van der Waals surface area contributed by atoms with E-state index in [1.54, 1.807) is 18.6 Å². The highest BCUT2D eigenvalue weighted by Gasteiger charge is 2.20. The molecular formula is C14H14ClN3. The lowest BCUT2D eigenvalue weighted by atomic mass is 10.0. The molecular weight excluding hydrogens is 246 g/mol. The number of halogens is 1. The molecule has 0 bridgehead atoms. The van der Waals surface area contributed by atoms with E-state index >= 15 is 0 Å². The number of hydrogen-bond donors (Lipinski definition) is 1. The van der Waals surface area contributed by atoms with Crippen LogP contribution in [0, 0.1) is 0 Å². The molecule has 3 rings (SSSR count). The predicted octanol–water partition coefficient (Wildman–Crippen LogP) is 3.05. The van der Waals surface area contributed by atoms with Crippen LogP contribution >= 0.6 is 11.6 Å². The lowest BCUT2D eigenvalue weighted by Gasteiger charge is -2.10. The first-order valence-corrected chi connectivity index (χ1v) is 6.49. The fourth-order valence-electron chi connectivity index (χ4n) is 1.92. The van der Waals surface area contributed by atoms with Gasteiger partial charge in [-0.3, -0.25) is 9.97 Å². The fourth-order valence-corrected chi connectivity index (χ4v) is 2.09. The molecule has 0 unspecified atom stereocenters. The van der Waals surface area contributed by atoms with E-state index in [4.69, 9.17) is 11.6 Å². The van der Waals surface area contributed by atoms with Gasteiger partial charge in [0.15, 0.2) is 0 Å². The summed E-state index contributed by atoms with van der Waals surface area (Å²) in [5.74, 6) is 0. The molecule has 1 aromatic heterocycles. The second kappa shape index (κ2) is 5.04. The Morgan fingerprint density at radius 1 is 1.28 bits per heavy atom. The van der Waals surface area contributed by atoms with E-state index in [9.17, 15) is 0 Å². The average Bonchev–Trinajstić information content (AvgIpc) is 3.22. The standard InChI is InChI=1S/C14H14ClN3/c15-11-2-1-10(8-18-12-3-4-12)13(7-11)14-9-16-5-6-17-14/h1-2,5-7,9,12,18H,3-4,8H2. The fraction of sp³-hybridized carbons (Fsp3) is 0.286. The summed E-state index contributed by atoms with van der Waals surface area (Å²) >= 11 is 6.07. The van der Waals surface area contributed by atoms with Crippen LogP contribution in [-0.2, 0) is 6.54 Å². The van der Waals surface area contributed by atoms with Crippen LogP contribution in [-0.4, -0.2) is 16.0 Å². The van der Waals surface area contributed by atoms with Crippen molar-refractivity contribution in [3.63, 3.8) is 0 Å². The van der Waals surface area contributed by atoms with Crippen LogP contribution in [0.5, 0.6) is 0 Å². The zero-order chi connectivity index (χ0) is 12.4. The minimum atomic E-state index is 0.690. The molecule has 1 aliphatic carbocycles. The third-order valence-corrected chi connectivity index (χ3v) is 3.30. The Morgan fingerprint density at radius 3 is 2.89 bits per heavy atom. The Hall–Kier alpha value is -1.45. The van der Waals surface area contributed by atoms with Gasteiger partial charge in [0.05, 0.1) is 11.9 Å². The highest BCUT2D eigenvalue weighted by Crippen LogP contribution is 2.26. The van der Waals surface area contributed by atoms with Crippen LogP contribution in [0.15, 0.2) is 36.8 Å². The molecule has 0 aliphatic heterocycles. The van der Waals surface area contributed by atoms with Crippen molar-refractivity contribution in [3.05, 3.63) is 47.4 Å². The molecule has 0 atom stereocenters. The molecule has 1 heterocycles. The summed E-state index contributed by atoms with van der Waals surface area (Å²) < 4.78 is 0. The van der Waals surface area contributed by atoms with Crippen LogP contribution in [0.2, 0.25) is 5.02 Å². The van der Waals surface area contributed by atoms with E-state index < -0.39 is 0 Å². The molecule has 92 valence electrons. The summed E-state index contributed by atoms with van der Waals surface area (Å²) in [5, 5.41) is 4.24. The Kier molecular flexibility index (Phi) is 3.26. The Balaban J connectivity index is 1.92. The van der Waals surface area contributed by atoms with Gasteiger partial charge in [0.25, 0.3) is 0 Å². The number of nitrogens with one attached hydrogen (secondary N) is 1. The van der Waals surface area contributed by atoms with Gasteiger partial charge in [-0.25, -0.2) is 0 Å². The average molecular weight is 260 g/mol. The van der Waals surface area contributed by atoms with Crippen LogP contribution in [0.25, 0.3) is 11.3 Å². The zero-order valence-electron chi connectivity index (χ0n) is 9.94. The summed E-state index contributed by atoms with van der Waals surface area (Å²) in [5.41, 5.74) is 3.14. The number of hydrogen-bond acceptors (Lipinski definition) is 3. The van der Waals surface area contributed by atoms with Crippen molar-refractivity contribution in [1.29, 1.82) is 0 Å². The molecule has 1 saturated carbocycles. The maximum Gasteiger partial charge on any atom is 0.0888 e. The van der Waals surface area contributed by atoms with Gasteiger partial charge in [-0.05, 0) is 30.5 Å². The molecule has 3 nitrogen and oxygen atoms in total. The molecule has 0 spiro atoms. The van der Waals surface area contributed by atoms with E-state index in [1.807, 2.05) is 12.1 Å². The molecule has 1 N–H and O–H groups in total. The molecule has 18 heavy (non-hydrogen) atoms. The first-order chi connectivity index (χ1) is 8.83. The highest BCUT2D eigenvalue weighted by molar-refractivity contribution is 6.30. The maximum atomic E-state index is 6.07. The quantitative estimate of drug-likeness (QED) is 0.917. The van der Waals surface area contributed by atoms with Gasteiger partial charge in [0.2, 0.25) is 0 Å². The molecule has 1 aliphatic rings. The van der Waals surface area contributed by atoms with Crippen molar-refractivity contribution >= 4 is 11.6 Å². The van der Waals surface area contributed by atoms with Crippen molar-refractivity contribution in [3.8, 4) is 11.3 Å². The molecule has 0 amide bonds. The summed E-state index contributed by atoms with van der Waals surface area (Å²) in [6, 6.07) is 6.62. The summed E-state index contributed by atoms with van der Waals surface area (Å²) in [7, 11) is 0. The van der Waals surface area contributed by atoms with Crippen molar-refractivity contribution in [2.75, 3.05) is 0 Å². The third-order valence-electron chi connectivity index (χ3n) is 3.07. The molecule has 0 saturated heterocycles. The van der Waals surface area contributed by atoms with Crippen molar-refractivity contribution in [1.82, 2.24) is 15.3 Å². The van der Waals surface area contributed by atoms with E-state index in [1.165, 1.54) is 18.4 Å². The maximum absolute atomic E-state index is 6.07. The normalized spacial score (nSPS) is 14.7. The summed E-state index contributed by atoms with van der Waals surface area (Å²) in [4.78, 5) is 8.46. The van der Waals surface area contributed by atoms with Gasteiger partial charge in [-0.1, -0.05) is 17.7 Å². The number of benzene rings is 1. The summed E-state index contributed by atoms with van der Waals surface area (Å²) in [6.45, 7) is 0.855. The topological polar surface area (TPSA) is 37.8 Å². The zero-order valence-corrected chi connectivity index (χ0v) is 10.7. The monoisotopic (exact) mass is 259 g/mol. The Labute approximate surface area is 111 Å². The van der Waals surface area contributed by atoms with E-state index in [2.05, 4.69) is 21.4 Å². The van der Waals surface area contributed by atoms with E-state index in [-0.39, 0.29) is 0 Å². The molecule has 2 aromatic rings. The SMILES string of the molecule is Clc1ccc(CNC2CC2)c(-c2cnccn2)c1. The van der Waals surface area contributed by atoms with E-state index in [0.29, 0.717) is 6.04 Å². The van der Waals surface area contributed by atoms with Crippen molar-refractivity contribution in [2.45, 2.75) is 25.4 Å².